The summed E-state index contributed by atoms with van der Waals surface area (Å²) in [6.07, 6.45) is 1.47. The van der Waals surface area contributed by atoms with Crippen molar-refractivity contribution in [3.63, 3.8) is 0 Å². The summed E-state index contributed by atoms with van der Waals surface area (Å²) in [5.41, 5.74) is 0. The first kappa shape index (κ1) is 6.66. The molecule has 2 aliphatic rings. The van der Waals surface area contributed by atoms with Gasteiger partial charge < -0.3 is 5.32 Å². The summed E-state index contributed by atoms with van der Waals surface area (Å²) in [4.78, 5) is 0. The fraction of sp³-hybridized carbons (Fsp3) is 1.00. The number of rotatable bonds is 0. The van der Waals surface area contributed by atoms with Gasteiger partial charge in [-0.05, 0) is 43.2 Å². The molecule has 4 atom stereocenters. The molecular weight excluding hydrogens is 122 g/mol. The van der Waals surface area contributed by atoms with E-state index in [2.05, 4.69) is 19.2 Å². The summed E-state index contributed by atoms with van der Waals surface area (Å²) < 4.78 is 0. The lowest BCUT2D eigenvalue weighted by atomic mass is 9.91. The molecule has 0 aromatic rings. The van der Waals surface area contributed by atoms with Gasteiger partial charge in [-0.15, -0.1) is 0 Å². The zero-order valence-corrected chi connectivity index (χ0v) is 6.93. The standard InChI is InChI=1S/C9H17N/c1-6-3-8-4-10-5-9(8)7(6)2/h6-10H,3-5H2,1-2H3. The molecule has 58 valence electrons. The van der Waals surface area contributed by atoms with Gasteiger partial charge in [0.15, 0.2) is 0 Å². The fourth-order valence-corrected chi connectivity index (χ4v) is 2.74. The van der Waals surface area contributed by atoms with E-state index in [1.54, 1.807) is 0 Å². The molecule has 4 unspecified atom stereocenters. The molecule has 0 spiro atoms. The molecule has 1 N–H and O–H groups in total. The summed E-state index contributed by atoms with van der Waals surface area (Å²) in [5, 5.41) is 3.48. The van der Waals surface area contributed by atoms with E-state index in [1.807, 2.05) is 0 Å². The zero-order valence-electron chi connectivity index (χ0n) is 6.93. The van der Waals surface area contributed by atoms with Crippen LogP contribution in [0.2, 0.25) is 0 Å². The van der Waals surface area contributed by atoms with Gasteiger partial charge in [-0.1, -0.05) is 13.8 Å². The van der Waals surface area contributed by atoms with Crippen LogP contribution in [-0.4, -0.2) is 13.1 Å². The lowest BCUT2D eigenvalue weighted by Crippen LogP contribution is -2.16. The van der Waals surface area contributed by atoms with Crippen LogP contribution in [0.3, 0.4) is 0 Å². The Hall–Kier alpha value is -0.0400. The third-order valence-electron chi connectivity index (χ3n) is 3.64. The molecule has 1 saturated heterocycles. The highest BCUT2D eigenvalue weighted by Gasteiger charge is 2.40. The fourth-order valence-electron chi connectivity index (χ4n) is 2.74. The van der Waals surface area contributed by atoms with Crippen molar-refractivity contribution in [3.8, 4) is 0 Å². The average molecular weight is 139 g/mol. The molecule has 1 aliphatic heterocycles. The SMILES string of the molecule is CC1CC2CNCC2C1C. The van der Waals surface area contributed by atoms with Crippen molar-refractivity contribution < 1.29 is 0 Å². The van der Waals surface area contributed by atoms with Crippen molar-refractivity contribution in [2.75, 3.05) is 13.1 Å². The van der Waals surface area contributed by atoms with Crippen molar-refractivity contribution in [1.82, 2.24) is 5.32 Å². The molecule has 0 bridgehead atoms. The van der Waals surface area contributed by atoms with Crippen LogP contribution in [0.5, 0.6) is 0 Å². The highest BCUT2D eigenvalue weighted by atomic mass is 14.9. The summed E-state index contributed by atoms with van der Waals surface area (Å²) in [7, 11) is 0. The summed E-state index contributed by atoms with van der Waals surface area (Å²) in [6, 6.07) is 0. The van der Waals surface area contributed by atoms with E-state index in [0.29, 0.717) is 0 Å². The minimum atomic E-state index is 0.972. The number of hydrogen-bond acceptors (Lipinski definition) is 1. The predicted octanol–water partition coefficient (Wildman–Crippen LogP) is 1.50. The van der Waals surface area contributed by atoms with Gasteiger partial charge in [0.05, 0.1) is 0 Å². The van der Waals surface area contributed by atoms with Crippen molar-refractivity contribution in [2.45, 2.75) is 20.3 Å². The first-order chi connectivity index (χ1) is 4.79. The van der Waals surface area contributed by atoms with Gasteiger partial charge in [-0.2, -0.15) is 0 Å². The summed E-state index contributed by atoms with van der Waals surface area (Å²) in [6.45, 7) is 7.40. The van der Waals surface area contributed by atoms with E-state index in [-0.39, 0.29) is 0 Å². The van der Waals surface area contributed by atoms with Crippen LogP contribution in [0.1, 0.15) is 20.3 Å². The smallest absolute Gasteiger partial charge is 0.00146 e. The van der Waals surface area contributed by atoms with Crippen molar-refractivity contribution in [2.24, 2.45) is 23.7 Å². The minimum Gasteiger partial charge on any atom is -0.316 e. The quantitative estimate of drug-likeness (QED) is 0.536. The van der Waals surface area contributed by atoms with Gasteiger partial charge in [0, 0.05) is 0 Å². The largest absolute Gasteiger partial charge is 0.316 e. The maximum Gasteiger partial charge on any atom is -0.00146 e. The lowest BCUT2D eigenvalue weighted by molar-refractivity contribution is 0.359. The second-order valence-electron chi connectivity index (χ2n) is 4.15. The van der Waals surface area contributed by atoms with Gasteiger partial charge in [0.2, 0.25) is 0 Å². The van der Waals surface area contributed by atoms with E-state index in [0.717, 1.165) is 23.7 Å². The third kappa shape index (κ3) is 0.800. The van der Waals surface area contributed by atoms with Crippen molar-refractivity contribution in [3.05, 3.63) is 0 Å². The van der Waals surface area contributed by atoms with Crippen LogP contribution in [-0.2, 0) is 0 Å². The lowest BCUT2D eigenvalue weighted by Gasteiger charge is -2.14. The summed E-state index contributed by atoms with van der Waals surface area (Å²) in [5.74, 6) is 3.98. The van der Waals surface area contributed by atoms with E-state index >= 15 is 0 Å². The molecule has 2 fully saturated rings. The Morgan fingerprint density at radius 1 is 1.20 bits per heavy atom. The van der Waals surface area contributed by atoms with E-state index in [9.17, 15) is 0 Å². The monoisotopic (exact) mass is 139 g/mol. The molecule has 0 radical (unpaired) electrons. The van der Waals surface area contributed by atoms with Crippen LogP contribution in [0.4, 0.5) is 0 Å². The molecule has 0 amide bonds. The second kappa shape index (κ2) is 2.23. The van der Waals surface area contributed by atoms with Crippen molar-refractivity contribution in [1.29, 1.82) is 0 Å². The first-order valence-electron chi connectivity index (χ1n) is 4.49. The second-order valence-corrected chi connectivity index (χ2v) is 4.15. The molecule has 10 heavy (non-hydrogen) atoms. The van der Waals surface area contributed by atoms with Gasteiger partial charge in [0.1, 0.15) is 0 Å². The Morgan fingerprint density at radius 2 is 2.00 bits per heavy atom. The normalized spacial score (nSPS) is 53.4. The van der Waals surface area contributed by atoms with Crippen LogP contribution in [0.25, 0.3) is 0 Å². The molecule has 1 heteroatoms. The predicted molar refractivity (Wildman–Crippen MR) is 42.8 cm³/mol. The number of nitrogens with one attached hydrogen (secondary N) is 1. The summed E-state index contributed by atoms with van der Waals surface area (Å²) >= 11 is 0. The zero-order chi connectivity index (χ0) is 7.14. The van der Waals surface area contributed by atoms with E-state index < -0.39 is 0 Å². The van der Waals surface area contributed by atoms with Gasteiger partial charge in [-0.25, -0.2) is 0 Å². The molecule has 0 aromatic heterocycles. The van der Waals surface area contributed by atoms with E-state index in [4.69, 9.17) is 0 Å². The molecule has 1 aliphatic carbocycles. The maximum atomic E-state index is 3.48. The maximum absolute atomic E-state index is 3.48. The Balaban J connectivity index is 2.09. The highest BCUT2D eigenvalue weighted by Crippen LogP contribution is 2.42. The third-order valence-corrected chi connectivity index (χ3v) is 3.64. The Morgan fingerprint density at radius 3 is 2.70 bits per heavy atom. The topological polar surface area (TPSA) is 12.0 Å². The Bertz CT molecular complexity index is 131. The average Bonchev–Trinajstić information content (AvgIpc) is 2.41. The number of hydrogen-bond donors (Lipinski definition) is 1. The van der Waals surface area contributed by atoms with Gasteiger partial charge in [0.25, 0.3) is 0 Å². The molecule has 0 aromatic carbocycles. The minimum absolute atomic E-state index is 0.972. The van der Waals surface area contributed by atoms with Crippen LogP contribution >= 0.6 is 0 Å². The molecule has 2 rings (SSSR count). The first-order valence-corrected chi connectivity index (χ1v) is 4.49. The van der Waals surface area contributed by atoms with Crippen molar-refractivity contribution >= 4 is 0 Å². The van der Waals surface area contributed by atoms with Crippen LogP contribution in [0, 0.1) is 23.7 Å². The Kier molecular flexibility index (Phi) is 1.48. The number of fused-ring (bicyclic) bond motifs is 1. The van der Waals surface area contributed by atoms with Gasteiger partial charge >= 0.3 is 0 Å². The molecule has 1 saturated carbocycles. The molecule has 1 heterocycles. The molecular formula is C9H17N. The molecule has 1 nitrogen and oxygen atoms in total. The van der Waals surface area contributed by atoms with Crippen LogP contribution in [0.15, 0.2) is 0 Å². The van der Waals surface area contributed by atoms with Gasteiger partial charge in [-0.3, -0.25) is 0 Å². The van der Waals surface area contributed by atoms with Crippen LogP contribution < -0.4 is 5.32 Å². The Labute approximate surface area is 63.2 Å². The highest BCUT2D eigenvalue weighted by molar-refractivity contribution is 4.93. The van der Waals surface area contributed by atoms with E-state index in [1.165, 1.54) is 19.5 Å².